The lowest BCUT2D eigenvalue weighted by molar-refractivity contribution is 0.241. The molecular formula is C16H22N2O. The molecule has 2 aliphatic rings. The minimum Gasteiger partial charge on any atom is -0.489 e. The van der Waals surface area contributed by atoms with Crippen molar-refractivity contribution < 1.29 is 4.74 Å². The molecule has 3 heteroatoms. The molecule has 0 radical (unpaired) electrons. The Hall–Kier alpha value is -1.51. The molecule has 0 aromatic carbocycles. The highest BCUT2D eigenvalue weighted by molar-refractivity contribution is 5.53. The van der Waals surface area contributed by atoms with E-state index >= 15 is 0 Å². The van der Waals surface area contributed by atoms with Gasteiger partial charge in [-0.25, -0.2) is 0 Å². The van der Waals surface area contributed by atoms with Gasteiger partial charge in [0.2, 0.25) is 0 Å². The first kappa shape index (κ1) is 12.5. The lowest BCUT2D eigenvalue weighted by Gasteiger charge is -2.27. The maximum atomic E-state index is 5.70. The smallest absolute Gasteiger partial charge is 0.138 e. The number of pyridine rings is 1. The Balaban J connectivity index is 1.78. The minimum absolute atomic E-state index is 0.193. The normalized spacial score (nSPS) is 24.3. The van der Waals surface area contributed by atoms with E-state index in [1.807, 2.05) is 20.0 Å². The summed E-state index contributed by atoms with van der Waals surface area (Å²) in [7, 11) is 0. The van der Waals surface area contributed by atoms with Gasteiger partial charge in [0, 0.05) is 25.0 Å². The third-order valence-electron chi connectivity index (χ3n) is 3.94. The average molecular weight is 258 g/mol. The number of hydrogen-bond acceptors (Lipinski definition) is 3. The number of ether oxygens (including phenoxy) is 1. The predicted octanol–water partition coefficient (Wildman–Crippen LogP) is 3.33. The molecule has 0 spiro atoms. The maximum absolute atomic E-state index is 5.70. The first-order valence-electron chi connectivity index (χ1n) is 7.28. The van der Waals surface area contributed by atoms with Gasteiger partial charge in [-0.15, -0.1) is 0 Å². The highest BCUT2D eigenvalue weighted by Crippen LogP contribution is 2.34. The first-order valence-corrected chi connectivity index (χ1v) is 7.28. The summed E-state index contributed by atoms with van der Waals surface area (Å²) in [5, 5.41) is 0. The van der Waals surface area contributed by atoms with Gasteiger partial charge in [0.25, 0.3) is 0 Å². The fourth-order valence-electron chi connectivity index (χ4n) is 3.05. The molecule has 2 fully saturated rings. The summed E-state index contributed by atoms with van der Waals surface area (Å²) in [6, 6.07) is 2.09. The van der Waals surface area contributed by atoms with Crippen molar-refractivity contribution in [3.63, 3.8) is 0 Å². The first-order chi connectivity index (χ1) is 9.20. The van der Waals surface area contributed by atoms with E-state index in [4.69, 9.17) is 4.74 Å². The number of allylic oxidation sites excluding steroid dienone is 1. The fraction of sp³-hybridized carbons (Fsp3) is 0.562. The van der Waals surface area contributed by atoms with Gasteiger partial charge in [-0.1, -0.05) is 0 Å². The molecule has 2 aliphatic heterocycles. The number of nitrogens with zero attached hydrogens (tertiary/aromatic N) is 2. The predicted molar refractivity (Wildman–Crippen MR) is 76.9 cm³/mol. The molecule has 1 atom stereocenters. The number of aromatic nitrogens is 1. The van der Waals surface area contributed by atoms with Crippen LogP contribution in [-0.2, 0) is 0 Å². The average Bonchev–Trinajstić information content (AvgIpc) is 2.76. The highest BCUT2D eigenvalue weighted by atomic mass is 16.5. The minimum atomic E-state index is 0.193. The van der Waals surface area contributed by atoms with E-state index in [2.05, 4.69) is 22.0 Å². The Morgan fingerprint density at radius 1 is 1.37 bits per heavy atom. The molecule has 1 unspecified atom stereocenters. The molecule has 3 heterocycles. The van der Waals surface area contributed by atoms with Crippen molar-refractivity contribution in [3.05, 3.63) is 29.7 Å². The number of fused-ring (bicyclic) bond motifs is 2. The SMILES string of the molecule is CC(C)Oc1cncc(C=C2CCC3CCN2C3)c1. The van der Waals surface area contributed by atoms with Crippen molar-refractivity contribution in [1.29, 1.82) is 0 Å². The summed E-state index contributed by atoms with van der Waals surface area (Å²) in [6.07, 6.45) is 10.1. The second-order valence-electron chi connectivity index (χ2n) is 5.90. The summed E-state index contributed by atoms with van der Waals surface area (Å²) in [6.45, 7) is 6.56. The van der Waals surface area contributed by atoms with Gasteiger partial charge in [0.1, 0.15) is 5.75 Å². The Kier molecular flexibility index (Phi) is 3.45. The topological polar surface area (TPSA) is 25.4 Å². The summed E-state index contributed by atoms with van der Waals surface area (Å²) < 4.78 is 5.70. The van der Waals surface area contributed by atoms with Crippen LogP contribution in [0, 0.1) is 5.92 Å². The van der Waals surface area contributed by atoms with Crippen LogP contribution >= 0.6 is 0 Å². The molecule has 0 aliphatic carbocycles. The van der Waals surface area contributed by atoms with Crippen LogP contribution in [0.5, 0.6) is 5.75 Å². The van der Waals surface area contributed by atoms with E-state index in [1.165, 1.54) is 38.0 Å². The van der Waals surface area contributed by atoms with E-state index < -0.39 is 0 Å². The van der Waals surface area contributed by atoms with E-state index in [-0.39, 0.29) is 6.10 Å². The van der Waals surface area contributed by atoms with Gasteiger partial charge < -0.3 is 9.64 Å². The molecule has 1 aromatic heterocycles. The van der Waals surface area contributed by atoms with Crippen molar-refractivity contribution in [2.45, 2.75) is 39.2 Å². The van der Waals surface area contributed by atoms with Crippen LogP contribution in [0.4, 0.5) is 0 Å². The number of hydrogen-bond donors (Lipinski definition) is 0. The summed E-state index contributed by atoms with van der Waals surface area (Å²) >= 11 is 0. The molecule has 2 bridgehead atoms. The van der Waals surface area contributed by atoms with E-state index in [0.717, 1.165) is 17.2 Å². The van der Waals surface area contributed by atoms with Crippen molar-refractivity contribution in [1.82, 2.24) is 9.88 Å². The van der Waals surface area contributed by atoms with E-state index in [9.17, 15) is 0 Å². The van der Waals surface area contributed by atoms with Gasteiger partial charge >= 0.3 is 0 Å². The van der Waals surface area contributed by atoms with Gasteiger partial charge in [0.05, 0.1) is 12.3 Å². The zero-order valence-corrected chi connectivity index (χ0v) is 11.8. The van der Waals surface area contributed by atoms with Gasteiger partial charge in [-0.05, 0) is 56.7 Å². The summed E-state index contributed by atoms with van der Waals surface area (Å²) in [5.41, 5.74) is 2.62. The Morgan fingerprint density at radius 2 is 2.26 bits per heavy atom. The molecule has 2 saturated heterocycles. The monoisotopic (exact) mass is 258 g/mol. The molecule has 0 N–H and O–H groups in total. The van der Waals surface area contributed by atoms with E-state index in [1.54, 1.807) is 6.20 Å². The lowest BCUT2D eigenvalue weighted by atomic mass is 9.98. The Morgan fingerprint density at radius 3 is 3.11 bits per heavy atom. The van der Waals surface area contributed by atoms with Gasteiger partial charge in [-0.2, -0.15) is 0 Å². The largest absolute Gasteiger partial charge is 0.489 e. The fourth-order valence-corrected chi connectivity index (χ4v) is 3.05. The van der Waals surface area contributed by atoms with Crippen LogP contribution in [-0.4, -0.2) is 29.1 Å². The van der Waals surface area contributed by atoms with Crippen molar-refractivity contribution in [3.8, 4) is 5.75 Å². The maximum Gasteiger partial charge on any atom is 0.138 e. The third kappa shape index (κ3) is 2.91. The number of piperidine rings is 1. The molecule has 19 heavy (non-hydrogen) atoms. The molecule has 102 valence electrons. The Labute approximate surface area is 115 Å². The van der Waals surface area contributed by atoms with Gasteiger partial charge in [-0.3, -0.25) is 4.98 Å². The van der Waals surface area contributed by atoms with Gasteiger partial charge in [0.15, 0.2) is 0 Å². The second-order valence-corrected chi connectivity index (χ2v) is 5.90. The third-order valence-corrected chi connectivity index (χ3v) is 3.94. The van der Waals surface area contributed by atoms with Crippen molar-refractivity contribution in [2.24, 2.45) is 5.92 Å². The van der Waals surface area contributed by atoms with Crippen LogP contribution in [0.15, 0.2) is 24.2 Å². The molecule has 0 saturated carbocycles. The molecular weight excluding hydrogens is 236 g/mol. The molecule has 3 nitrogen and oxygen atoms in total. The van der Waals surface area contributed by atoms with Crippen LogP contribution in [0.3, 0.4) is 0 Å². The zero-order valence-electron chi connectivity index (χ0n) is 11.8. The van der Waals surface area contributed by atoms with E-state index in [0.29, 0.717) is 0 Å². The molecule has 3 rings (SSSR count). The van der Waals surface area contributed by atoms with Crippen LogP contribution in [0.1, 0.15) is 38.7 Å². The van der Waals surface area contributed by atoms with Crippen LogP contribution < -0.4 is 4.74 Å². The van der Waals surface area contributed by atoms with Crippen molar-refractivity contribution >= 4 is 6.08 Å². The molecule has 0 amide bonds. The number of rotatable bonds is 3. The molecule has 1 aromatic rings. The Bertz CT molecular complexity index is 481. The zero-order chi connectivity index (χ0) is 13.2. The van der Waals surface area contributed by atoms with Crippen molar-refractivity contribution in [2.75, 3.05) is 13.1 Å². The lowest BCUT2D eigenvalue weighted by Crippen LogP contribution is -2.24. The summed E-state index contributed by atoms with van der Waals surface area (Å²) in [4.78, 5) is 6.81. The second kappa shape index (κ2) is 5.24. The summed E-state index contributed by atoms with van der Waals surface area (Å²) in [5.74, 6) is 1.80. The highest BCUT2D eigenvalue weighted by Gasteiger charge is 2.28. The standard InChI is InChI=1S/C16H22N2O/c1-12(2)19-16-8-14(9-17-10-16)7-15-4-3-13-5-6-18(15)11-13/h7-10,12-13H,3-6,11H2,1-2H3. The quantitative estimate of drug-likeness (QED) is 0.831. The van der Waals surface area contributed by atoms with Crippen LogP contribution in [0.2, 0.25) is 0 Å². The van der Waals surface area contributed by atoms with Crippen LogP contribution in [0.25, 0.3) is 6.08 Å².